The van der Waals surface area contributed by atoms with Gasteiger partial charge in [-0.3, -0.25) is 10.4 Å². The smallest absolute Gasteiger partial charge is 0.324 e. The van der Waals surface area contributed by atoms with E-state index in [2.05, 4.69) is 20.8 Å². The molecule has 4 aromatic rings. The van der Waals surface area contributed by atoms with Gasteiger partial charge < -0.3 is 10.1 Å². The molecule has 2 amide bonds. The first-order valence-electron chi connectivity index (χ1n) is 8.76. The lowest BCUT2D eigenvalue weighted by molar-refractivity contribution is 0.262. The maximum Gasteiger partial charge on any atom is 0.324 e. The Bertz CT molecular complexity index is 1160. The molecule has 1 heterocycles. The molecule has 0 atom stereocenters. The highest BCUT2D eigenvalue weighted by Crippen LogP contribution is 2.27. The highest BCUT2D eigenvalue weighted by molar-refractivity contribution is 6.42. The lowest BCUT2D eigenvalue weighted by Gasteiger charge is -2.08. The number of halogens is 2. The summed E-state index contributed by atoms with van der Waals surface area (Å²) in [5.74, 6) is 1.09. The molecule has 146 valence electrons. The van der Waals surface area contributed by atoms with E-state index in [-0.39, 0.29) is 6.03 Å². The molecule has 3 N–H and O–H groups in total. The Morgan fingerprint density at radius 1 is 0.966 bits per heavy atom. The van der Waals surface area contributed by atoms with Crippen LogP contribution in [0.1, 0.15) is 5.56 Å². The van der Waals surface area contributed by atoms with Crippen molar-refractivity contribution < 1.29 is 9.53 Å². The third-order valence-corrected chi connectivity index (χ3v) is 4.93. The number of aromatic nitrogens is 2. The molecular weight excluding hydrogens is 411 g/mol. The number of hydrogen-bond acceptors (Lipinski definition) is 3. The largest absolute Gasteiger partial charge is 0.489 e. The van der Waals surface area contributed by atoms with Gasteiger partial charge in [-0.05, 0) is 42.0 Å². The Labute approximate surface area is 176 Å². The highest BCUT2D eigenvalue weighted by Gasteiger charge is 2.10. The van der Waals surface area contributed by atoms with Crippen LogP contribution in [0.2, 0.25) is 10.0 Å². The summed E-state index contributed by atoms with van der Waals surface area (Å²) >= 11 is 12.0. The van der Waals surface area contributed by atoms with E-state index in [1.54, 1.807) is 24.3 Å². The predicted molar refractivity (Wildman–Crippen MR) is 116 cm³/mol. The number of nitrogens with one attached hydrogen (secondary N) is 3. The number of fused-ring (bicyclic) bond motifs is 1. The van der Waals surface area contributed by atoms with E-state index in [4.69, 9.17) is 27.9 Å². The number of rotatable bonds is 5. The minimum Gasteiger partial charge on any atom is -0.489 e. The number of ether oxygens (including phenoxy) is 1. The molecule has 6 nitrogen and oxygen atoms in total. The van der Waals surface area contributed by atoms with E-state index in [0.29, 0.717) is 33.9 Å². The van der Waals surface area contributed by atoms with Crippen molar-refractivity contribution in [2.45, 2.75) is 6.61 Å². The molecule has 29 heavy (non-hydrogen) atoms. The summed E-state index contributed by atoms with van der Waals surface area (Å²) in [5, 5.41) is 14.3. The van der Waals surface area contributed by atoms with Crippen molar-refractivity contribution in [1.82, 2.24) is 10.2 Å². The minimum atomic E-state index is -0.371. The number of benzene rings is 3. The second kappa shape index (κ2) is 8.43. The summed E-state index contributed by atoms with van der Waals surface area (Å²) in [6.07, 6.45) is 0. The van der Waals surface area contributed by atoms with Gasteiger partial charge in [0.1, 0.15) is 12.4 Å². The Balaban J connectivity index is 1.43. The normalized spacial score (nSPS) is 10.7. The van der Waals surface area contributed by atoms with Crippen LogP contribution in [0, 0.1) is 0 Å². The van der Waals surface area contributed by atoms with Crippen LogP contribution in [0.25, 0.3) is 10.9 Å². The fourth-order valence-electron chi connectivity index (χ4n) is 2.77. The number of para-hydroxylation sites is 1. The van der Waals surface area contributed by atoms with Gasteiger partial charge in [-0.25, -0.2) is 4.79 Å². The van der Waals surface area contributed by atoms with E-state index < -0.39 is 0 Å². The molecule has 0 aliphatic rings. The van der Waals surface area contributed by atoms with Crippen molar-refractivity contribution in [3.8, 4) is 5.75 Å². The molecule has 0 unspecified atom stereocenters. The molecule has 0 aliphatic heterocycles. The van der Waals surface area contributed by atoms with Gasteiger partial charge in [0, 0.05) is 17.1 Å². The van der Waals surface area contributed by atoms with Gasteiger partial charge in [0.25, 0.3) is 0 Å². The number of hydrogen-bond donors (Lipinski definition) is 3. The molecule has 0 saturated heterocycles. The van der Waals surface area contributed by atoms with Gasteiger partial charge in [-0.15, -0.1) is 0 Å². The van der Waals surface area contributed by atoms with E-state index in [1.807, 2.05) is 42.5 Å². The standard InChI is InChI=1S/C21H16Cl2N4O2/c22-17-9-6-13(10-18(17)23)12-29-15-7-8-16-19(11-15)26-27-20(16)25-21(28)24-14-4-2-1-3-5-14/h1-11H,12H2,(H3,24,25,26,27,28). The van der Waals surface area contributed by atoms with Crippen LogP contribution in [-0.4, -0.2) is 16.2 Å². The zero-order chi connectivity index (χ0) is 20.2. The van der Waals surface area contributed by atoms with Gasteiger partial charge >= 0.3 is 6.03 Å². The van der Waals surface area contributed by atoms with Crippen LogP contribution in [0.5, 0.6) is 5.75 Å². The van der Waals surface area contributed by atoms with Crippen LogP contribution in [0.3, 0.4) is 0 Å². The summed E-state index contributed by atoms with van der Waals surface area (Å²) in [6, 6.07) is 19.6. The second-order valence-corrected chi connectivity index (χ2v) is 7.08. The summed E-state index contributed by atoms with van der Waals surface area (Å²) < 4.78 is 5.82. The molecule has 8 heteroatoms. The van der Waals surface area contributed by atoms with E-state index >= 15 is 0 Å². The highest BCUT2D eigenvalue weighted by atomic mass is 35.5. The zero-order valence-corrected chi connectivity index (χ0v) is 16.6. The lowest BCUT2D eigenvalue weighted by atomic mass is 10.2. The number of carbonyl (C=O) groups excluding carboxylic acids is 1. The first kappa shape index (κ1) is 19.1. The second-order valence-electron chi connectivity index (χ2n) is 6.26. The number of anilines is 2. The number of carbonyl (C=O) groups is 1. The first-order valence-corrected chi connectivity index (χ1v) is 9.52. The molecule has 0 saturated carbocycles. The number of urea groups is 1. The van der Waals surface area contributed by atoms with Crippen molar-refractivity contribution in [3.63, 3.8) is 0 Å². The van der Waals surface area contributed by atoms with Crippen molar-refractivity contribution in [2.75, 3.05) is 10.6 Å². The third kappa shape index (κ3) is 4.62. The van der Waals surface area contributed by atoms with Gasteiger partial charge in [-0.2, -0.15) is 5.10 Å². The Kier molecular flexibility index (Phi) is 5.55. The SMILES string of the molecule is O=C(Nc1ccccc1)Nc1n[nH]c2cc(OCc3ccc(Cl)c(Cl)c3)ccc12. The van der Waals surface area contributed by atoms with Crippen LogP contribution >= 0.6 is 23.2 Å². The fourth-order valence-corrected chi connectivity index (χ4v) is 3.09. The van der Waals surface area contributed by atoms with Gasteiger partial charge in [0.2, 0.25) is 0 Å². The number of H-pyrrole nitrogens is 1. The Morgan fingerprint density at radius 2 is 1.79 bits per heavy atom. The van der Waals surface area contributed by atoms with Crippen molar-refractivity contribution in [1.29, 1.82) is 0 Å². The molecule has 0 bridgehead atoms. The summed E-state index contributed by atoms with van der Waals surface area (Å²) in [5.41, 5.74) is 2.35. The number of amides is 2. The van der Waals surface area contributed by atoms with Crippen molar-refractivity contribution >= 4 is 51.6 Å². The minimum absolute atomic E-state index is 0.348. The maximum atomic E-state index is 12.2. The van der Waals surface area contributed by atoms with E-state index in [1.165, 1.54) is 0 Å². The average molecular weight is 427 g/mol. The summed E-state index contributed by atoms with van der Waals surface area (Å²) in [7, 11) is 0. The zero-order valence-electron chi connectivity index (χ0n) is 15.1. The quantitative estimate of drug-likeness (QED) is 0.361. The summed E-state index contributed by atoms with van der Waals surface area (Å²) in [6.45, 7) is 0.348. The van der Waals surface area contributed by atoms with Crippen LogP contribution in [-0.2, 0) is 6.61 Å². The predicted octanol–water partition coefficient (Wildman–Crippen LogP) is 6.09. The van der Waals surface area contributed by atoms with Crippen LogP contribution < -0.4 is 15.4 Å². The molecular formula is C21H16Cl2N4O2. The van der Waals surface area contributed by atoms with Crippen molar-refractivity contribution in [2.24, 2.45) is 0 Å². The van der Waals surface area contributed by atoms with Crippen molar-refractivity contribution in [3.05, 3.63) is 82.3 Å². The Morgan fingerprint density at radius 3 is 2.59 bits per heavy atom. The summed E-state index contributed by atoms with van der Waals surface area (Å²) in [4.78, 5) is 12.2. The number of aromatic amines is 1. The topological polar surface area (TPSA) is 79.0 Å². The maximum absolute atomic E-state index is 12.2. The molecule has 1 aromatic heterocycles. The van der Waals surface area contributed by atoms with Crippen LogP contribution in [0.4, 0.5) is 16.3 Å². The molecule has 0 fully saturated rings. The molecule has 3 aromatic carbocycles. The average Bonchev–Trinajstić information content (AvgIpc) is 3.11. The monoisotopic (exact) mass is 426 g/mol. The molecule has 0 radical (unpaired) electrons. The van der Waals surface area contributed by atoms with E-state index in [9.17, 15) is 4.79 Å². The van der Waals surface area contributed by atoms with E-state index in [0.717, 1.165) is 16.5 Å². The van der Waals surface area contributed by atoms with Gasteiger partial charge in [0.15, 0.2) is 5.82 Å². The third-order valence-electron chi connectivity index (χ3n) is 4.19. The van der Waals surface area contributed by atoms with Crippen LogP contribution in [0.15, 0.2) is 66.7 Å². The lowest BCUT2D eigenvalue weighted by Crippen LogP contribution is -2.19. The van der Waals surface area contributed by atoms with Gasteiger partial charge in [0.05, 0.1) is 15.6 Å². The first-order chi connectivity index (χ1) is 14.1. The molecule has 0 aliphatic carbocycles. The van der Waals surface area contributed by atoms with Gasteiger partial charge in [-0.1, -0.05) is 47.5 Å². The number of nitrogens with zero attached hydrogens (tertiary/aromatic N) is 1. The molecule has 4 rings (SSSR count). The Hall–Kier alpha value is -3.22. The fraction of sp³-hybridized carbons (Fsp3) is 0.0476. The molecule has 0 spiro atoms.